The molecule has 0 spiro atoms. The molecule has 0 N–H and O–H groups in total. The third-order valence-electron chi connectivity index (χ3n) is 3.92. The average molecular weight is 414 g/mol. The third-order valence-corrected chi connectivity index (χ3v) is 5.22. The van der Waals surface area contributed by atoms with Crippen LogP contribution in [0.15, 0.2) is 47.4 Å². The van der Waals surface area contributed by atoms with Crippen LogP contribution in [0.2, 0.25) is 0 Å². The number of hydrogen-bond acceptors (Lipinski definition) is 7. The molecule has 1 aliphatic heterocycles. The number of carboxylic acid groups (broad SMARTS) is 1. The number of ether oxygens (including phenoxy) is 2. The van der Waals surface area contributed by atoms with Gasteiger partial charge in [0.25, 0.3) is 5.91 Å². The molecule has 144 valence electrons. The zero-order valence-electron chi connectivity index (χ0n) is 15.1. The van der Waals surface area contributed by atoms with E-state index < -0.39 is 5.97 Å². The fraction of sp³-hybridized carbons (Fsp3) is 0.150. The summed E-state index contributed by atoms with van der Waals surface area (Å²) in [6.45, 7) is 2.36. The number of thioether (sulfide) groups is 1. The van der Waals surface area contributed by atoms with Crippen LogP contribution in [0.3, 0.4) is 0 Å². The van der Waals surface area contributed by atoms with Gasteiger partial charge in [0.05, 0.1) is 30.3 Å². The van der Waals surface area contributed by atoms with Crippen LogP contribution < -0.4 is 19.5 Å². The predicted octanol–water partition coefficient (Wildman–Crippen LogP) is 2.86. The highest BCUT2D eigenvalue weighted by Gasteiger charge is 2.33. The number of methoxy groups -OCH3 is 1. The van der Waals surface area contributed by atoms with Gasteiger partial charge in [0.2, 0.25) is 0 Å². The van der Waals surface area contributed by atoms with Gasteiger partial charge in [0, 0.05) is 0 Å². The van der Waals surface area contributed by atoms with Crippen molar-refractivity contribution in [1.29, 1.82) is 0 Å². The number of carbonyl (C=O) groups excluding carboxylic acids is 2. The van der Waals surface area contributed by atoms with Gasteiger partial charge in [0.15, 0.2) is 15.8 Å². The van der Waals surface area contributed by atoms with Gasteiger partial charge in [-0.2, -0.15) is 0 Å². The van der Waals surface area contributed by atoms with Crippen molar-refractivity contribution in [3.8, 4) is 11.5 Å². The van der Waals surface area contributed by atoms with Crippen molar-refractivity contribution >= 4 is 51.9 Å². The van der Waals surface area contributed by atoms with E-state index in [1.165, 1.54) is 17.0 Å². The predicted molar refractivity (Wildman–Crippen MR) is 111 cm³/mol. The summed E-state index contributed by atoms with van der Waals surface area (Å²) in [7, 11) is 1.56. The number of anilines is 1. The van der Waals surface area contributed by atoms with Gasteiger partial charge in [-0.15, -0.1) is 0 Å². The zero-order valence-corrected chi connectivity index (χ0v) is 16.8. The maximum absolute atomic E-state index is 12.9. The van der Waals surface area contributed by atoms with E-state index in [1.54, 1.807) is 37.5 Å². The number of benzene rings is 2. The highest BCUT2D eigenvalue weighted by Crippen LogP contribution is 2.37. The molecular weight excluding hydrogens is 398 g/mol. The molecule has 2 aromatic carbocycles. The summed E-state index contributed by atoms with van der Waals surface area (Å²) in [5.74, 6) is -0.453. The molecule has 1 saturated heterocycles. The number of nitrogens with zero attached hydrogens (tertiary/aromatic N) is 1. The molecule has 0 aliphatic carbocycles. The summed E-state index contributed by atoms with van der Waals surface area (Å²) >= 11 is 6.48. The molecule has 6 nitrogen and oxygen atoms in total. The van der Waals surface area contributed by atoms with Crippen molar-refractivity contribution in [2.75, 3.05) is 18.6 Å². The first-order chi connectivity index (χ1) is 13.4. The molecule has 0 unspecified atom stereocenters. The molecule has 2 aromatic rings. The lowest BCUT2D eigenvalue weighted by Gasteiger charge is -2.15. The van der Waals surface area contributed by atoms with Crippen molar-refractivity contribution in [2.24, 2.45) is 0 Å². The Hall–Kier alpha value is -2.84. The van der Waals surface area contributed by atoms with E-state index in [4.69, 9.17) is 21.7 Å². The standard InChI is InChI=1S/C20H17NO5S2/c1-3-26-16-9-12(7-8-15(16)25-2)10-17-18(22)21(20(27)28-17)14-6-4-5-13(11-14)19(23)24/h4-11H,3H2,1-2H3,(H,23,24)/p-1/b17-10-. The quantitative estimate of drug-likeness (QED) is 0.531. The molecule has 0 saturated carbocycles. The largest absolute Gasteiger partial charge is 0.545 e. The van der Waals surface area contributed by atoms with E-state index in [0.717, 1.165) is 17.3 Å². The van der Waals surface area contributed by atoms with Crippen molar-refractivity contribution in [2.45, 2.75) is 6.92 Å². The molecule has 3 rings (SSSR count). The highest BCUT2D eigenvalue weighted by atomic mass is 32.2. The number of carboxylic acids is 1. The Balaban J connectivity index is 1.92. The number of amides is 1. The van der Waals surface area contributed by atoms with Gasteiger partial charge < -0.3 is 19.4 Å². The summed E-state index contributed by atoms with van der Waals surface area (Å²) < 4.78 is 11.2. The summed E-state index contributed by atoms with van der Waals surface area (Å²) in [4.78, 5) is 25.7. The Labute approximate surface area is 171 Å². The van der Waals surface area contributed by atoms with Crippen LogP contribution in [0.4, 0.5) is 5.69 Å². The molecule has 1 heterocycles. The lowest BCUT2D eigenvalue weighted by Crippen LogP contribution is -2.28. The Kier molecular flexibility index (Phi) is 6.01. The summed E-state index contributed by atoms with van der Waals surface area (Å²) in [5.41, 5.74) is 1.12. The van der Waals surface area contributed by atoms with E-state index in [0.29, 0.717) is 33.0 Å². The molecule has 1 aliphatic rings. The first-order valence-electron chi connectivity index (χ1n) is 8.34. The Morgan fingerprint density at radius 3 is 2.71 bits per heavy atom. The third kappa shape index (κ3) is 4.02. The highest BCUT2D eigenvalue weighted by molar-refractivity contribution is 8.27. The minimum absolute atomic E-state index is 0.0213. The van der Waals surface area contributed by atoms with Gasteiger partial charge in [-0.05, 0) is 48.4 Å². The van der Waals surface area contributed by atoms with Crippen LogP contribution in [0.1, 0.15) is 22.8 Å². The second-order valence-corrected chi connectivity index (χ2v) is 7.37. The van der Waals surface area contributed by atoms with Gasteiger partial charge in [-0.1, -0.05) is 42.2 Å². The van der Waals surface area contributed by atoms with Gasteiger partial charge in [0.1, 0.15) is 0 Å². The fourth-order valence-electron chi connectivity index (χ4n) is 2.67. The van der Waals surface area contributed by atoms with Gasteiger partial charge in [-0.25, -0.2) is 0 Å². The first kappa shape index (κ1) is 19.9. The molecule has 28 heavy (non-hydrogen) atoms. The number of thiocarbonyl (C=S) groups is 1. The maximum atomic E-state index is 12.9. The fourth-order valence-corrected chi connectivity index (χ4v) is 3.96. The molecule has 1 fully saturated rings. The van der Waals surface area contributed by atoms with E-state index in [-0.39, 0.29) is 11.5 Å². The number of aromatic carboxylic acids is 1. The Bertz CT molecular complexity index is 986. The smallest absolute Gasteiger partial charge is 0.270 e. The van der Waals surface area contributed by atoms with Crippen LogP contribution in [-0.2, 0) is 4.79 Å². The van der Waals surface area contributed by atoms with E-state index in [2.05, 4.69) is 0 Å². The number of rotatable bonds is 6. The van der Waals surface area contributed by atoms with E-state index >= 15 is 0 Å². The zero-order chi connectivity index (χ0) is 20.3. The van der Waals surface area contributed by atoms with Crippen molar-refractivity contribution in [1.82, 2.24) is 0 Å². The van der Waals surface area contributed by atoms with Crippen molar-refractivity contribution < 1.29 is 24.2 Å². The SMILES string of the molecule is CCOc1cc(/C=C2\SC(=S)N(c3cccc(C(=O)[O-])c3)C2=O)ccc1OC. The molecular formula is C20H16NO5S2-. The van der Waals surface area contributed by atoms with Gasteiger partial charge in [-0.3, -0.25) is 9.69 Å². The van der Waals surface area contributed by atoms with Gasteiger partial charge >= 0.3 is 0 Å². The Morgan fingerprint density at radius 2 is 2.04 bits per heavy atom. The molecule has 8 heteroatoms. The topological polar surface area (TPSA) is 78.9 Å². The number of carbonyl (C=O) groups is 2. The van der Waals surface area contributed by atoms with Crippen LogP contribution in [0.5, 0.6) is 11.5 Å². The minimum atomic E-state index is -1.32. The average Bonchev–Trinajstić information content (AvgIpc) is 2.95. The summed E-state index contributed by atoms with van der Waals surface area (Å²) in [6.07, 6.45) is 1.71. The number of hydrogen-bond donors (Lipinski definition) is 0. The second-order valence-electron chi connectivity index (χ2n) is 5.70. The normalized spacial score (nSPS) is 15.2. The maximum Gasteiger partial charge on any atom is 0.270 e. The minimum Gasteiger partial charge on any atom is -0.545 e. The first-order valence-corrected chi connectivity index (χ1v) is 9.57. The molecule has 1 amide bonds. The van der Waals surface area contributed by atoms with Crippen molar-refractivity contribution in [3.63, 3.8) is 0 Å². The molecule has 0 bridgehead atoms. The lowest BCUT2D eigenvalue weighted by atomic mass is 10.1. The van der Waals surface area contributed by atoms with E-state index in [1.807, 2.05) is 13.0 Å². The molecule has 0 aromatic heterocycles. The van der Waals surface area contributed by atoms with Crippen LogP contribution in [-0.4, -0.2) is 29.9 Å². The van der Waals surface area contributed by atoms with Crippen LogP contribution in [0, 0.1) is 0 Å². The molecule has 0 radical (unpaired) electrons. The monoisotopic (exact) mass is 414 g/mol. The van der Waals surface area contributed by atoms with Crippen LogP contribution in [0.25, 0.3) is 6.08 Å². The molecule has 0 atom stereocenters. The Morgan fingerprint density at radius 1 is 1.25 bits per heavy atom. The lowest BCUT2D eigenvalue weighted by molar-refractivity contribution is -0.255. The van der Waals surface area contributed by atoms with E-state index in [9.17, 15) is 14.7 Å². The summed E-state index contributed by atoms with van der Waals surface area (Å²) in [5, 5.41) is 11.1. The summed E-state index contributed by atoms with van der Waals surface area (Å²) in [6, 6.07) is 11.3. The second kappa shape index (κ2) is 8.45. The van der Waals surface area contributed by atoms with Crippen molar-refractivity contribution in [3.05, 3.63) is 58.5 Å². The van der Waals surface area contributed by atoms with Crippen LogP contribution >= 0.6 is 24.0 Å².